The van der Waals surface area contributed by atoms with Crippen molar-refractivity contribution in [3.05, 3.63) is 0 Å². The van der Waals surface area contributed by atoms with Crippen LogP contribution in [-0.2, 0) is 0 Å². The summed E-state index contributed by atoms with van der Waals surface area (Å²) in [6.45, 7) is 12.0. The van der Waals surface area contributed by atoms with Gasteiger partial charge in [0.05, 0.1) is 0 Å². The van der Waals surface area contributed by atoms with Crippen molar-refractivity contribution in [1.29, 1.82) is 0 Å². The van der Waals surface area contributed by atoms with Crippen molar-refractivity contribution < 1.29 is 0 Å². The van der Waals surface area contributed by atoms with Crippen LogP contribution in [0.5, 0.6) is 0 Å². The van der Waals surface area contributed by atoms with E-state index in [1.54, 1.807) is 0 Å². The summed E-state index contributed by atoms with van der Waals surface area (Å²) in [6, 6.07) is 0.829. The van der Waals surface area contributed by atoms with Crippen LogP contribution in [0.15, 0.2) is 0 Å². The van der Waals surface area contributed by atoms with Gasteiger partial charge in [0, 0.05) is 25.7 Å². The maximum Gasteiger partial charge on any atom is 0.0345 e. The second-order valence-corrected chi connectivity index (χ2v) is 5.22. The van der Waals surface area contributed by atoms with E-state index >= 15 is 0 Å². The first-order valence-corrected chi connectivity index (χ1v) is 7.26. The molecule has 0 aliphatic carbocycles. The van der Waals surface area contributed by atoms with Crippen LogP contribution in [0.4, 0.5) is 0 Å². The predicted octanol–water partition coefficient (Wildman–Crippen LogP) is 2.89. The minimum Gasteiger partial charge on any atom is -0.314 e. The minimum absolute atomic E-state index is 0.829. The molecular weight excluding hydrogens is 196 g/mol. The van der Waals surface area contributed by atoms with Crippen LogP contribution in [0.2, 0.25) is 0 Å². The van der Waals surface area contributed by atoms with E-state index in [2.05, 4.69) is 31.0 Å². The van der Waals surface area contributed by atoms with E-state index in [-0.39, 0.29) is 0 Å². The fourth-order valence-electron chi connectivity index (χ4n) is 2.49. The van der Waals surface area contributed by atoms with Crippen molar-refractivity contribution in [2.24, 2.45) is 5.92 Å². The first kappa shape index (κ1) is 14.0. The Bertz CT molecular complexity index is 166. The lowest BCUT2D eigenvalue weighted by Crippen LogP contribution is -2.58. The highest BCUT2D eigenvalue weighted by Crippen LogP contribution is 2.17. The summed E-state index contributed by atoms with van der Waals surface area (Å²) in [7, 11) is 0. The molecule has 1 rings (SSSR count). The van der Waals surface area contributed by atoms with E-state index in [0.717, 1.165) is 12.0 Å². The van der Waals surface area contributed by atoms with Gasteiger partial charge in [-0.2, -0.15) is 0 Å². The summed E-state index contributed by atoms with van der Waals surface area (Å²) in [6.07, 6.45) is 6.81. The monoisotopic (exact) mass is 226 g/mol. The molecule has 1 heterocycles. The van der Waals surface area contributed by atoms with Gasteiger partial charge < -0.3 is 5.32 Å². The number of nitrogens with one attached hydrogen (secondary N) is 1. The highest BCUT2D eigenvalue weighted by Gasteiger charge is 2.25. The van der Waals surface area contributed by atoms with Gasteiger partial charge in [-0.1, -0.05) is 40.0 Å². The Morgan fingerprint density at radius 2 is 1.94 bits per heavy atom. The van der Waals surface area contributed by atoms with Crippen molar-refractivity contribution in [2.75, 3.05) is 26.2 Å². The first-order chi connectivity index (χ1) is 7.81. The fourth-order valence-corrected chi connectivity index (χ4v) is 2.49. The lowest BCUT2D eigenvalue weighted by atomic mass is 9.97. The van der Waals surface area contributed by atoms with Gasteiger partial charge in [0.2, 0.25) is 0 Å². The average Bonchev–Trinajstić information content (AvgIpc) is 2.21. The van der Waals surface area contributed by atoms with E-state index in [1.807, 2.05) is 0 Å². The second-order valence-electron chi connectivity index (χ2n) is 5.22. The molecular formula is C14H30N2. The van der Waals surface area contributed by atoms with Crippen molar-refractivity contribution >= 4 is 0 Å². The Morgan fingerprint density at radius 3 is 2.38 bits per heavy atom. The highest BCUT2D eigenvalue weighted by molar-refractivity contribution is 4.85. The van der Waals surface area contributed by atoms with Crippen LogP contribution in [0.1, 0.15) is 52.9 Å². The molecule has 0 aromatic carbocycles. The van der Waals surface area contributed by atoms with Gasteiger partial charge in [-0.3, -0.25) is 4.90 Å². The predicted molar refractivity (Wildman–Crippen MR) is 71.8 cm³/mol. The molecule has 16 heavy (non-hydrogen) atoms. The van der Waals surface area contributed by atoms with E-state index < -0.39 is 0 Å². The number of rotatable bonds is 9. The molecule has 96 valence electrons. The molecule has 0 aromatic rings. The molecule has 0 saturated carbocycles. The maximum absolute atomic E-state index is 3.39. The van der Waals surface area contributed by atoms with Crippen molar-refractivity contribution in [3.8, 4) is 0 Å². The van der Waals surface area contributed by atoms with Gasteiger partial charge in [0.1, 0.15) is 0 Å². The van der Waals surface area contributed by atoms with Gasteiger partial charge in [-0.05, 0) is 25.3 Å². The molecule has 0 bridgehead atoms. The lowest BCUT2D eigenvalue weighted by molar-refractivity contribution is 0.119. The smallest absolute Gasteiger partial charge is 0.0345 e. The maximum atomic E-state index is 3.39. The zero-order valence-electron chi connectivity index (χ0n) is 11.5. The van der Waals surface area contributed by atoms with Crippen LogP contribution in [0.3, 0.4) is 0 Å². The number of hydrogen-bond donors (Lipinski definition) is 1. The zero-order valence-corrected chi connectivity index (χ0v) is 11.5. The molecule has 0 aromatic heterocycles. The minimum atomic E-state index is 0.829. The molecule has 1 fully saturated rings. The Balaban J connectivity index is 2.31. The molecule has 2 nitrogen and oxygen atoms in total. The normalized spacial score (nSPS) is 18.8. The molecule has 1 N–H and O–H groups in total. The third-order valence-corrected chi connectivity index (χ3v) is 3.82. The van der Waals surface area contributed by atoms with Crippen LogP contribution in [-0.4, -0.2) is 37.1 Å². The Morgan fingerprint density at radius 1 is 1.19 bits per heavy atom. The van der Waals surface area contributed by atoms with Crippen LogP contribution >= 0.6 is 0 Å². The highest BCUT2D eigenvalue weighted by atomic mass is 15.2. The van der Waals surface area contributed by atoms with E-state index in [4.69, 9.17) is 0 Å². The van der Waals surface area contributed by atoms with Gasteiger partial charge in [0.25, 0.3) is 0 Å². The van der Waals surface area contributed by atoms with Gasteiger partial charge in [-0.15, -0.1) is 0 Å². The summed E-state index contributed by atoms with van der Waals surface area (Å²) in [5, 5.41) is 3.39. The molecule has 1 atom stereocenters. The molecule has 1 aliphatic rings. The molecule has 1 saturated heterocycles. The van der Waals surface area contributed by atoms with E-state index in [9.17, 15) is 0 Å². The molecule has 0 amide bonds. The molecule has 0 spiro atoms. The fraction of sp³-hybridized carbons (Fsp3) is 1.00. The summed E-state index contributed by atoms with van der Waals surface area (Å²) >= 11 is 0. The average molecular weight is 226 g/mol. The second kappa shape index (κ2) is 8.08. The standard InChI is InChI=1S/C14H30N2/c1-4-7-8-13(6-3)12-16(9-5-2)14-10-15-11-14/h13-15H,4-12H2,1-3H3. The Hall–Kier alpha value is -0.0800. The lowest BCUT2D eigenvalue weighted by Gasteiger charge is -2.40. The van der Waals surface area contributed by atoms with Crippen LogP contribution in [0.25, 0.3) is 0 Å². The number of hydrogen-bond acceptors (Lipinski definition) is 2. The summed E-state index contributed by atoms with van der Waals surface area (Å²) in [4.78, 5) is 2.72. The van der Waals surface area contributed by atoms with Crippen LogP contribution < -0.4 is 5.32 Å². The van der Waals surface area contributed by atoms with E-state index in [0.29, 0.717) is 0 Å². The topological polar surface area (TPSA) is 15.3 Å². The van der Waals surface area contributed by atoms with Gasteiger partial charge in [-0.25, -0.2) is 0 Å². The molecule has 1 unspecified atom stereocenters. The summed E-state index contributed by atoms with van der Waals surface area (Å²) < 4.78 is 0. The van der Waals surface area contributed by atoms with Crippen LogP contribution in [0, 0.1) is 5.92 Å². The zero-order chi connectivity index (χ0) is 11.8. The first-order valence-electron chi connectivity index (χ1n) is 7.26. The number of nitrogens with zero attached hydrogens (tertiary/aromatic N) is 1. The SMILES string of the molecule is CCCCC(CC)CN(CCC)C1CNC1. The Kier molecular flexibility index (Phi) is 7.06. The van der Waals surface area contributed by atoms with Crippen molar-refractivity contribution in [2.45, 2.75) is 58.9 Å². The van der Waals surface area contributed by atoms with Gasteiger partial charge in [0.15, 0.2) is 0 Å². The number of unbranched alkanes of at least 4 members (excludes halogenated alkanes) is 1. The third kappa shape index (κ3) is 4.42. The summed E-state index contributed by atoms with van der Waals surface area (Å²) in [5.41, 5.74) is 0. The molecule has 1 aliphatic heterocycles. The summed E-state index contributed by atoms with van der Waals surface area (Å²) in [5.74, 6) is 0.923. The van der Waals surface area contributed by atoms with Crippen molar-refractivity contribution in [3.63, 3.8) is 0 Å². The molecule has 0 radical (unpaired) electrons. The largest absolute Gasteiger partial charge is 0.314 e. The van der Waals surface area contributed by atoms with E-state index in [1.165, 1.54) is 58.3 Å². The van der Waals surface area contributed by atoms with Gasteiger partial charge >= 0.3 is 0 Å². The quantitative estimate of drug-likeness (QED) is 0.650. The van der Waals surface area contributed by atoms with Crippen molar-refractivity contribution in [1.82, 2.24) is 10.2 Å². The molecule has 2 heteroatoms. The Labute approximate surface area is 102 Å². The third-order valence-electron chi connectivity index (χ3n) is 3.82.